The van der Waals surface area contributed by atoms with Gasteiger partial charge in [-0.25, -0.2) is 8.78 Å². The molecule has 1 amide bonds. The van der Waals surface area contributed by atoms with E-state index >= 15 is 0 Å². The summed E-state index contributed by atoms with van der Waals surface area (Å²) in [4.78, 5) is 13.3. The molecule has 0 saturated heterocycles. The Labute approximate surface area is 136 Å². The highest BCUT2D eigenvalue weighted by Gasteiger charge is 2.22. The first-order valence-electron chi connectivity index (χ1n) is 7.41. The first kappa shape index (κ1) is 15.6. The first-order valence-corrected chi connectivity index (χ1v) is 8.23. The number of halogens is 2. The lowest BCUT2D eigenvalue weighted by atomic mass is 10.1. The maximum Gasteiger partial charge on any atom is 0.259 e. The van der Waals surface area contributed by atoms with Crippen molar-refractivity contribution in [2.75, 3.05) is 5.32 Å². The summed E-state index contributed by atoms with van der Waals surface area (Å²) in [5.74, 6) is -2.21. The smallest absolute Gasteiger partial charge is 0.259 e. The molecule has 118 valence electrons. The topological polar surface area (TPSA) is 52.9 Å². The number of hydrogen-bond acceptors (Lipinski definition) is 3. The molecule has 3 rings (SSSR count). The molecule has 0 spiro atoms. The van der Waals surface area contributed by atoms with E-state index in [1.54, 1.807) is 0 Å². The number of benzene rings is 1. The SMILES string of the molecule is N#Cc1c(NC(=O)c2cc(F)ccc2F)sc2c1CCCCC2. The van der Waals surface area contributed by atoms with Crippen molar-refractivity contribution in [3.8, 4) is 6.07 Å². The predicted molar refractivity (Wildman–Crippen MR) is 84.6 cm³/mol. The monoisotopic (exact) mass is 332 g/mol. The van der Waals surface area contributed by atoms with Crippen molar-refractivity contribution in [2.24, 2.45) is 0 Å². The largest absolute Gasteiger partial charge is 0.312 e. The van der Waals surface area contributed by atoms with E-state index in [1.165, 1.54) is 11.3 Å². The second-order valence-electron chi connectivity index (χ2n) is 5.46. The van der Waals surface area contributed by atoms with Gasteiger partial charge in [-0.2, -0.15) is 5.26 Å². The number of amides is 1. The van der Waals surface area contributed by atoms with E-state index in [1.807, 2.05) is 0 Å². The summed E-state index contributed by atoms with van der Waals surface area (Å²) in [5.41, 5.74) is 1.08. The van der Waals surface area contributed by atoms with Crippen LogP contribution in [0.1, 0.15) is 45.6 Å². The normalized spacial score (nSPS) is 13.8. The van der Waals surface area contributed by atoms with Crippen molar-refractivity contribution >= 4 is 22.2 Å². The van der Waals surface area contributed by atoms with Crippen molar-refractivity contribution in [1.82, 2.24) is 0 Å². The second-order valence-corrected chi connectivity index (χ2v) is 6.56. The maximum absolute atomic E-state index is 13.7. The van der Waals surface area contributed by atoms with Gasteiger partial charge in [0.1, 0.15) is 22.7 Å². The molecular formula is C17H14F2N2OS. The summed E-state index contributed by atoms with van der Waals surface area (Å²) < 4.78 is 26.9. The molecule has 0 radical (unpaired) electrons. The summed E-state index contributed by atoms with van der Waals surface area (Å²) in [6, 6.07) is 4.87. The second kappa shape index (κ2) is 6.47. The van der Waals surface area contributed by atoms with E-state index in [4.69, 9.17) is 0 Å². The van der Waals surface area contributed by atoms with Crippen molar-refractivity contribution < 1.29 is 13.6 Å². The third-order valence-electron chi connectivity index (χ3n) is 3.93. The summed E-state index contributed by atoms with van der Waals surface area (Å²) >= 11 is 1.36. The first-order chi connectivity index (χ1) is 11.1. The zero-order valence-electron chi connectivity index (χ0n) is 12.3. The minimum atomic E-state index is -0.791. The summed E-state index contributed by atoms with van der Waals surface area (Å²) in [6.07, 6.45) is 4.91. The Bertz CT molecular complexity index is 808. The molecule has 0 atom stereocenters. The summed E-state index contributed by atoms with van der Waals surface area (Å²) in [7, 11) is 0. The van der Waals surface area contributed by atoms with Crippen LogP contribution >= 0.6 is 11.3 Å². The van der Waals surface area contributed by atoms with Crippen LogP contribution < -0.4 is 5.32 Å². The molecule has 6 heteroatoms. The molecule has 1 aliphatic rings. The van der Waals surface area contributed by atoms with Gasteiger partial charge in [0.05, 0.1) is 11.1 Å². The highest BCUT2D eigenvalue weighted by Crippen LogP contribution is 2.37. The Morgan fingerprint density at radius 1 is 1.22 bits per heavy atom. The van der Waals surface area contributed by atoms with Crippen molar-refractivity contribution in [3.63, 3.8) is 0 Å². The van der Waals surface area contributed by atoms with Crippen molar-refractivity contribution in [2.45, 2.75) is 32.1 Å². The van der Waals surface area contributed by atoms with Gasteiger partial charge in [-0.05, 0) is 49.4 Å². The molecule has 0 bridgehead atoms. The number of rotatable bonds is 2. The zero-order valence-corrected chi connectivity index (χ0v) is 13.1. The molecule has 1 aliphatic carbocycles. The Balaban J connectivity index is 1.93. The molecule has 1 aromatic carbocycles. The maximum atomic E-state index is 13.7. The third kappa shape index (κ3) is 3.10. The van der Waals surface area contributed by atoms with E-state index in [-0.39, 0.29) is 5.56 Å². The number of carbonyl (C=O) groups excluding carboxylic acids is 1. The zero-order chi connectivity index (χ0) is 16.4. The van der Waals surface area contributed by atoms with Gasteiger partial charge in [0.25, 0.3) is 5.91 Å². The van der Waals surface area contributed by atoms with Crippen LogP contribution in [-0.4, -0.2) is 5.91 Å². The number of carbonyl (C=O) groups is 1. The fourth-order valence-electron chi connectivity index (χ4n) is 2.79. The van der Waals surface area contributed by atoms with Gasteiger partial charge in [0.15, 0.2) is 0 Å². The molecule has 0 unspecified atom stereocenters. The van der Waals surface area contributed by atoms with Crippen LogP contribution in [0, 0.1) is 23.0 Å². The van der Waals surface area contributed by atoms with Crippen LogP contribution in [0.5, 0.6) is 0 Å². The van der Waals surface area contributed by atoms with Gasteiger partial charge in [0, 0.05) is 4.88 Å². The molecule has 0 fully saturated rings. The summed E-state index contributed by atoms with van der Waals surface area (Å²) in [6.45, 7) is 0. The van der Waals surface area contributed by atoms with Gasteiger partial charge in [-0.15, -0.1) is 11.3 Å². The molecule has 1 heterocycles. The number of nitriles is 1. The predicted octanol–water partition coefficient (Wildman–Crippen LogP) is 4.42. The number of anilines is 1. The molecule has 0 saturated carbocycles. The average molecular weight is 332 g/mol. The van der Waals surface area contributed by atoms with Gasteiger partial charge in [0.2, 0.25) is 0 Å². The Kier molecular flexibility index (Phi) is 4.39. The Morgan fingerprint density at radius 3 is 2.78 bits per heavy atom. The lowest BCUT2D eigenvalue weighted by molar-refractivity contribution is 0.102. The molecule has 2 aromatic rings. The van der Waals surface area contributed by atoms with Crippen LogP contribution in [-0.2, 0) is 12.8 Å². The molecule has 3 nitrogen and oxygen atoms in total. The average Bonchev–Trinajstić information content (AvgIpc) is 2.69. The molecule has 1 aromatic heterocycles. The van der Waals surface area contributed by atoms with Gasteiger partial charge < -0.3 is 5.32 Å². The van der Waals surface area contributed by atoms with Crippen LogP contribution in [0.3, 0.4) is 0 Å². The molecule has 0 aliphatic heterocycles. The number of hydrogen-bond donors (Lipinski definition) is 1. The number of nitrogens with one attached hydrogen (secondary N) is 1. The van der Waals surface area contributed by atoms with Gasteiger partial charge >= 0.3 is 0 Å². The molecule has 1 N–H and O–H groups in total. The summed E-state index contributed by atoms with van der Waals surface area (Å²) in [5, 5.41) is 12.4. The van der Waals surface area contributed by atoms with Crippen LogP contribution in [0.25, 0.3) is 0 Å². The quantitative estimate of drug-likeness (QED) is 0.828. The van der Waals surface area contributed by atoms with Gasteiger partial charge in [-0.1, -0.05) is 6.42 Å². The van der Waals surface area contributed by atoms with E-state index in [9.17, 15) is 18.8 Å². The fourth-order valence-corrected chi connectivity index (χ4v) is 4.03. The van der Waals surface area contributed by atoms with E-state index < -0.39 is 17.5 Å². The van der Waals surface area contributed by atoms with Crippen LogP contribution in [0.2, 0.25) is 0 Å². The minimum absolute atomic E-state index is 0.363. The van der Waals surface area contributed by atoms with Crippen molar-refractivity contribution in [3.05, 3.63) is 51.4 Å². The van der Waals surface area contributed by atoms with E-state index in [0.717, 1.165) is 60.7 Å². The lowest BCUT2D eigenvalue weighted by Crippen LogP contribution is -2.14. The number of fused-ring (bicyclic) bond motifs is 1. The van der Waals surface area contributed by atoms with Crippen LogP contribution in [0.4, 0.5) is 13.8 Å². The van der Waals surface area contributed by atoms with Crippen LogP contribution in [0.15, 0.2) is 18.2 Å². The number of nitrogens with zero attached hydrogens (tertiary/aromatic N) is 1. The lowest BCUT2D eigenvalue weighted by Gasteiger charge is -2.05. The molecule has 23 heavy (non-hydrogen) atoms. The Hall–Kier alpha value is -2.26. The van der Waals surface area contributed by atoms with E-state index in [0.29, 0.717) is 10.6 Å². The van der Waals surface area contributed by atoms with E-state index in [2.05, 4.69) is 11.4 Å². The van der Waals surface area contributed by atoms with Crippen molar-refractivity contribution in [1.29, 1.82) is 5.26 Å². The Morgan fingerprint density at radius 2 is 2.00 bits per heavy atom. The highest BCUT2D eigenvalue weighted by atomic mass is 32.1. The van der Waals surface area contributed by atoms with Gasteiger partial charge in [-0.3, -0.25) is 4.79 Å². The molecular weight excluding hydrogens is 318 g/mol. The number of thiophene rings is 1. The third-order valence-corrected chi connectivity index (χ3v) is 5.14. The fraction of sp³-hybridized carbons (Fsp3) is 0.294. The number of aryl methyl sites for hydroxylation is 1. The highest BCUT2D eigenvalue weighted by molar-refractivity contribution is 7.16. The standard InChI is InChI=1S/C17H14F2N2OS/c18-10-6-7-14(19)12(8-10)16(22)21-17-13(9-20)11-4-2-1-3-5-15(11)23-17/h6-8H,1-5H2,(H,21,22). The minimum Gasteiger partial charge on any atom is -0.312 e.